The van der Waals surface area contributed by atoms with Gasteiger partial charge in [0.2, 0.25) is 0 Å². The van der Waals surface area contributed by atoms with Crippen LogP contribution in [0.3, 0.4) is 0 Å². The third-order valence-corrected chi connectivity index (χ3v) is 2.12. The number of hydrogen-bond acceptors (Lipinski definition) is 3. The molecule has 5 nitrogen and oxygen atoms in total. The van der Waals surface area contributed by atoms with Crippen molar-refractivity contribution in [1.82, 2.24) is 24.5 Å². The van der Waals surface area contributed by atoms with Crippen LogP contribution in [0.1, 0.15) is 5.82 Å². The molecule has 0 atom stereocenters. The summed E-state index contributed by atoms with van der Waals surface area (Å²) in [5.41, 5.74) is 0. The largest absolute Gasteiger partial charge is 0.319 e. The lowest BCUT2D eigenvalue weighted by Gasteiger charge is -1.99. The van der Waals surface area contributed by atoms with E-state index in [4.69, 9.17) is 0 Å². The summed E-state index contributed by atoms with van der Waals surface area (Å²) < 4.78 is 4.64. The number of aryl methyl sites for hydroxylation is 1. The highest BCUT2D eigenvalue weighted by molar-refractivity contribution is 9.10. The minimum Gasteiger partial charge on any atom is -0.319 e. The van der Waals surface area contributed by atoms with E-state index in [2.05, 4.69) is 31.2 Å². The van der Waals surface area contributed by atoms with Gasteiger partial charge in [0.15, 0.2) is 5.82 Å². The Labute approximate surface area is 83.5 Å². The van der Waals surface area contributed by atoms with Crippen molar-refractivity contribution < 1.29 is 0 Å². The normalized spacial score (nSPS) is 10.6. The van der Waals surface area contributed by atoms with Crippen LogP contribution < -0.4 is 0 Å². The van der Waals surface area contributed by atoms with Crippen LogP contribution in [0, 0.1) is 0 Å². The fourth-order valence-electron chi connectivity index (χ4n) is 1.02. The minimum absolute atomic E-state index is 0.641. The van der Waals surface area contributed by atoms with Gasteiger partial charge in [-0.25, -0.2) is 0 Å². The summed E-state index contributed by atoms with van der Waals surface area (Å²) in [5.74, 6) is 0.885. The van der Waals surface area contributed by atoms with Crippen LogP contribution in [0.2, 0.25) is 0 Å². The predicted molar refractivity (Wildman–Crippen MR) is 50.0 cm³/mol. The molecular formula is C7H8BrN5. The summed E-state index contributed by atoms with van der Waals surface area (Å²) in [6.45, 7) is 0.641. The SMILES string of the molecule is Cn1cnnc1Cn1cc(Br)cn1. The minimum atomic E-state index is 0.641. The zero-order chi connectivity index (χ0) is 9.26. The van der Waals surface area contributed by atoms with Crippen molar-refractivity contribution in [3.8, 4) is 0 Å². The first-order valence-corrected chi connectivity index (χ1v) is 4.56. The zero-order valence-electron chi connectivity index (χ0n) is 7.05. The second-order valence-corrected chi connectivity index (χ2v) is 3.63. The van der Waals surface area contributed by atoms with Crippen molar-refractivity contribution in [2.45, 2.75) is 6.54 Å². The van der Waals surface area contributed by atoms with Crippen LogP contribution in [0.15, 0.2) is 23.2 Å². The molecule has 6 heteroatoms. The molecule has 2 aromatic heterocycles. The van der Waals surface area contributed by atoms with Crippen LogP contribution in [0.5, 0.6) is 0 Å². The molecule has 0 spiro atoms. The quantitative estimate of drug-likeness (QED) is 0.783. The summed E-state index contributed by atoms with van der Waals surface area (Å²) in [5, 5.41) is 11.9. The van der Waals surface area contributed by atoms with Crippen molar-refractivity contribution in [2.75, 3.05) is 0 Å². The number of rotatable bonds is 2. The summed E-state index contributed by atoms with van der Waals surface area (Å²) in [6, 6.07) is 0. The fraction of sp³-hybridized carbons (Fsp3) is 0.286. The lowest BCUT2D eigenvalue weighted by Crippen LogP contribution is -2.05. The van der Waals surface area contributed by atoms with Crippen LogP contribution in [0.25, 0.3) is 0 Å². The Morgan fingerprint density at radius 1 is 1.54 bits per heavy atom. The van der Waals surface area contributed by atoms with E-state index in [1.165, 1.54) is 0 Å². The summed E-state index contributed by atoms with van der Waals surface area (Å²) >= 11 is 3.33. The molecule has 0 amide bonds. The van der Waals surface area contributed by atoms with Crippen LogP contribution in [-0.4, -0.2) is 24.5 Å². The van der Waals surface area contributed by atoms with E-state index in [9.17, 15) is 0 Å². The molecule has 68 valence electrons. The molecule has 0 saturated carbocycles. The highest BCUT2D eigenvalue weighted by Crippen LogP contribution is 2.07. The molecule has 0 saturated heterocycles. The van der Waals surface area contributed by atoms with Gasteiger partial charge in [-0.15, -0.1) is 10.2 Å². The van der Waals surface area contributed by atoms with Crippen molar-refractivity contribution >= 4 is 15.9 Å². The van der Waals surface area contributed by atoms with Gasteiger partial charge in [0.1, 0.15) is 12.9 Å². The van der Waals surface area contributed by atoms with Gasteiger partial charge in [-0.2, -0.15) is 5.10 Å². The Morgan fingerprint density at radius 3 is 2.92 bits per heavy atom. The van der Waals surface area contributed by atoms with Crippen LogP contribution in [0.4, 0.5) is 0 Å². The maximum atomic E-state index is 4.12. The summed E-state index contributed by atoms with van der Waals surface area (Å²) in [7, 11) is 1.91. The molecular weight excluding hydrogens is 234 g/mol. The van der Waals surface area contributed by atoms with E-state index < -0.39 is 0 Å². The first-order chi connectivity index (χ1) is 6.25. The average molecular weight is 242 g/mol. The number of halogens is 1. The van der Waals surface area contributed by atoms with Gasteiger partial charge < -0.3 is 4.57 Å². The van der Waals surface area contributed by atoms with E-state index in [1.807, 2.05) is 17.8 Å². The van der Waals surface area contributed by atoms with E-state index in [1.54, 1.807) is 17.2 Å². The first-order valence-electron chi connectivity index (χ1n) is 3.76. The predicted octanol–water partition coefficient (Wildman–Crippen LogP) is 0.822. The third-order valence-electron chi connectivity index (χ3n) is 1.71. The molecule has 0 radical (unpaired) electrons. The van der Waals surface area contributed by atoms with E-state index in [0.717, 1.165) is 10.3 Å². The number of aromatic nitrogens is 5. The zero-order valence-corrected chi connectivity index (χ0v) is 8.64. The van der Waals surface area contributed by atoms with Crippen molar-refractivity contribution in [3.05, 3.63) is 29.0 Å². The van der Waals surface area contributed by atoms with E-state index in [-0.39, 0.29) is 0 Å². The molecule has 2 aromatic rings. The van der Waals surface area contributed by atoms with Gasteiger partial charge in [-0.05, 0) is 15.9 Å². The highest BCUT2D eigenvalue weighted by Gasteiger charge is 2.02. The molecule has 0 bridgehead atoms. The first kappa shape index (κ1) is 8.43. The maximum absolute atomic E-state index is 4.12. The molecule has 0 aliphatic carbocycles. The monoisotopic (exact) mass is 241 g/mol. The standard InChI is InChI=1S/C7H8BrN5/c1-12-5-9-11-7(12)4-13-3-6(8)2-10-13/h2-3,5H,4H2,1H3. The highest BCUT2D eigenvalue weighted by atomic mass is 79.9. The number of hydrogen-bond donors (Lipinski definition) is 0. The molecule has 0 unspecified atom stereocenters. The summed E-state index contributed by atoms with van der Waals surface area (Å²) in [6.07, 6.45) is 5.32. The Hall–Kier alpha value is -1.17. The molecule has 0 aliphatic rings. The average Bonchev–Trinajstić information content (AvgIpc) is 2.64. The maximum Gasteiger partial charge on any atom is 0.154 e. The van der Waals surface area contributed by atoms with Gasteiger partial charge in [-0.3, -0.25) is 4.68 Å². The van der Waals surface area contributed by atoms with Gasteiger partial charge in [0, 0.05) is 13.2 Å². The van der Waals surface area contributed by atoms with Gasteiger partial charge in [0.05, 0.1) is 10.7 Å². The Balaban J connectivity index is 2.19. The lowest BCUT2D eigenvalue weighted by atomic mass is 10.6. The second-order valence-electron chi connectivity index (χ2n) is 2.71. The Bertz CT molecular complexity index is 404. The van der Waals surface area contributed by atoms with Gasteiger partial charge in [0.25, 0.3) is 0 Å². The van der Waals surface area contributed by atoms with Crippen LogP contribution >= 0.6 is 15.9 Å². The van der Waals surface area contributed by atoms with Gasteiger partial charge in [-0.1, -0.05) is 0 Å². The molecule has 0 aromatic carbocycles. The molecule has 13 heavy (non-hydrogen) atoms. The van der Waals surface area contributed by atoms with Crippen molar-refractivity contribution in [1.29, 1.82) is 0 Å². The molecule has 0 aliphatic heterocycles. The molecule has 2 rings (SSSR count). The van der Waals surface area contributed by atoms with Crippen molar-refractivity contribution in [3.63, 3.8) is 0 Å². The fourth-order valence-corrected chi connectivity index (χ4v) is 1.35. The Kier molecular flexibility index (Phi) is 2.13. The molecule has 0 fully saturated rings. The lowest BCUT2D eigenvalue weighted by molar-refractivity contribution is 0.630. The third kappa shape index (κ3) is 1.77. The smallest absolute Gasteiger partial charge is 0.154 e. The second kappa shape index (κ2) is 3.29. The summed E-state index contributed by atoms with van der Waals surface area (Å²) in [4.78, 5) is 0. The van der Waals surface area contributed by atoms with Crippen molar-refractivity contribution in [2.24, 2.45) is 7.05 Å². The number of nitrogens with zero attached hydrogens (tertiary/aromatic N) is 5. The van der Waals surface area contributed by atoms with Gasteiger partial charge >= 0.3 is 0 Å². The Morgan fingerprint density at radius 2 is 2.38 bits per heavy atom. The topological polar surface area (TPSA) is 48.5 Å². The van der Waals surface area contributed by atoms with Crippen LogP contribution in [-0.2, 0) is 13.6 Å². The molecule has 2 heterocycles. The molecule has 0 N–H and O–H groups in total. The van der Waals surface area contributed by atoms with E-state index in [0.29, 0.717) is 6.54 Å². The van der Waals surface area contributed by atoms with E-state index >= 15 is 0 Å².